The van der Waals surface area contributed by atoms with Gasteiger partial charge in [-0.1, -0.05) is 5.92 Å². The molecule has 1 aliphatic carbocycles. The van der Waals surface area contributed by atoms with Crippen molar-refractivity contribution in [3.63, 3.8) is 0 Å². The SMILES string of the molecule is C#CC(C)(C)Oc1cc(NC)nc(C2CC2)n1. The summed E-state index contributed by atoms with van der Waals surface area (Å²) < 4.78 is 5.68. The number of nitrogens with one attached hydrogen (secondary N) is 1. The predicted molar refractivity (Wildman–Crippen MR) is 67.1 cm³/mol. The molecule has 0 radical (unpaired) electrons. The maximum absolute atomic E-state index is 5.68. The molecule has 90 valence electrons. The number of hydrogen-bond donors (Lipinski definition) is 1. The van der Waals surface area contributed by atoms with Gasteiger partial charge in [-0.25, -0.2) is 4.98 Å². The van der Waals surface area contributed by atoms with Crippen molar-refractivity contribution in [2.24, 2.45) is 0 Å². The number of ether oxygens (including phenoxy) is 1. The summed E-state index contributed by atoms with van der Waals surface area (Å²) >= 11 is 0. The second-order valence-corrected chi connectivity index (χ2v) is 4.73. The number of hydrogen-bond acceptors (Lipinski definition) is 4. The van der Waals surface area contributed by atoms with E-state index in [1.165, 1.54) is 0 Å². The third kappa shape index (κ3) is 2.88. The molecule has 0 unspecified atom stereocenters. The van der Waals surface area contributed by atoms with Gasteiger partial charge in [-0.05, 0) is 26.7 Å². The molecule has 1 fully saturated rings. The highest BCUT2D eigenvalue weighted by Gasteiger charge is 2.28. The highest BCUT2D eigenvalue weighted by Crippen LogP contribution is 2.39. The van der Waals surface area contributed by atoms with Crippen LogP contribution in [0.15, 0.2) is 6.07 Å². The summed E-state index contributed by atoms with van der Waals surface area (Å²) in [6, 6.07) is 1.77. The van der Waals surface area contributed by atoms with E-state index in [0.29, 0.717) is 11.8 Å². The largest absolute Gasteiger partial charge is 0.458 e. The summed E-state index contributed by atoms with van der Waals surface area (Å²) in [7, 11) is 1.83. The van der Waals surface area contributed by atoms with E-state index in [9.17, 15) is 0 Å². The van der Waals surface area contributed by atoms with Crippen molar-refractivity contribution < 1.29 is 4.74 Å². The van der Waals surface area contributed by atoms with Gasteiger partial charge < -0.3 is 10.1 Å². The second kappa shape index (κ2) is 4.25. The van der Waals surface area contributed by atoms with E-state index in [1.54, 1.807) is 6.07 Å². The average molecular weight is 231 g/mol. The Labute approximate surface area is 102 Å². The van der Waals surface area contributed by atoms with E-state index >= 15 is 0 Å². The standard InChI is InChI=1S/C13H17N3O/c1-5-13(2,3)17-11-8-10(14-4)15-12(16-11)9-6-7-9/h1,8-9H,6-7H2,2-4H3,(H,14,15,16). The third-order valence-electron chi connectivity index (χ3n) is 2.63. The molecule has 17 heavy (non-hydrogen) atoms. The van der Waals surface area contributed by atoms with E-state index in [0.717, 1.165) is 24.5 Å². The maximum Gasteiger partial charge on any atom is 0.220 e. The Morgan fingerprint density at radius 1 is 1.47 bits per heavy atom. The molecule has 1 saturated carbocycles. The van der Waals surface area contributed by atoms with Crippen molar-refractivity contribution >= 4 is 5.82 Å². The first-order valence-corrected chi connectivity index (χ1v) is 5.77. The Balaban J connectivity index is 2.27. The van der Waals surface area contributed by atoms with Crippen molar-refractivity contribution in [2.75, 3.05) is 12.4 Å². The van der Waals surface area contributed by atoms with Crippen LogP contribution in [0.4, 0.5) is 5.82 Å². The van der Waals surface area contributed by atoms with Gasteiger partial charge in [0.05, 0.1) is 0 Å². The van der Waals surface area contributed by atoms with E-state index in [2.05, 4.69) is 21.2 Å². The van der Waals surface area contributed by atoms with Gasteiger partial charge in [-0.3, -0.25) is 0 Å². The van der Waals surface area contributed by atoms with Gasteiger partial charge >= 0.3 is 0 Å². The average Bonchev–Trinajstić information content (AvgIpc) is 3.12. The molecule has 0 aromatic carbocycles. The van der Waals surface area contributed by atoms with E-state index in [1.807, 2.05) is 20.9 Å². The Morgan fingerprint density at radius 3 is 2.71 bits per heavy atom. The summed E-state index contributed by atoms with van der Waals surface area (Å²) in [4.78, 5) is 8.82. The molecule has 2 rings (SSSR count). The van der Waals surface area contributed by atoms with Crippen molar-refractivity contribution in [3.8, 4) is 18.2 Å². The van der Waals surface area contributed by atoms with Crippen LogP contribution in [0.2, 0.25) is 0 Å². The van der Waals surface area contributed by atoms with Crippen LogP contribution in [0.5, 0.6) is 5.88 Å². The molecule has 1 N–H and O–H groups in total. The predicted octanol–water partition coefficient (Wildman–Crippen LogP) is 2.19. The summed E-state index contributed by atoms with van der Waals surface area (Å²) in [6.45, 7) is 3.68. The first kappa shape index (κ1) is 11.7. The van der Waals surface area contributed by atoms with Gasteiger partial charge in [0.15, 0.2) is 5.60 Å². The molecular weight excluding hydrogens is 214 g/mol. The number of aromatic nitrogens is 2. The van der Waals surface area contributed by atoms with Crippen molar-refractivity contribution in [1.82, 2.24) is 9.97 Å². The topological polar surface area (TPSA) is 47.0 Å². The minimum atomic E-state index is -0.653. The lowest BCUT2D eigenvalue weighted by molar-refractivity contribution is 0.164. The van der Waals surface area contributed by atoms with Crippen LogP contribution >= 0.6 is 0 Å². The Kier molecular flexibility index (Phi) is 2.93. The first-order valence-electron chi connectivity index (χ1n) is 5.77. The van der Waals surface area contributed by atoms with Gasteiger partial charge in [0.2, 0.25) is 5.88 Å². The van der Waals surface area contributed by atoms with Crippen LogP contribution < -0.4 is 10.1 Å². The van der Waals surface area contributed by atoms with Crippen LogP contribution in [0.25, 0.3) is 0 Å². The minimum Gasteiger partial charge on any atom is -0.458 e. The smallest absolute Gasteiger partial charge is 0.220 e. The molecule has 1 aromatic rings. The zero-order valence-corrected chi connectivity index (χ0v) is 10.4. The fourth-order valence-corrected chi connectivity index (χ4v) is 1.44. The van der Waals surface area contributed by atoms with Crippen LogP contribution in [0.3, 0.4) is 0 Å². The molecular formula is C13H17N3O. The van der Waals surface area contributed by atoms with Gasteiger partial charge in [0.25, 0.3) is 0 Å². The summed E-state index contributed by atoms with van der Waals surface area (Å²) in [6.07, 6.45) is 7.72. The van der Waals surface area contributed by atoms with Crippen LogP contribution in [-0.2, 0) is 0 Å². The molecule has 1 heterocycles. The lowest BCUT2D eigenvalue weighted by Gasteiger charge is -2.20. The first-order chi connectivity index (χ1) is 8.04. The molecule has 1 aliphatic rings. The fourth-order valence-electron chi connectivity index (χ4n) is 1.44. The molecule has 0 atom stereocenters. The van der Waals surface area contributed by atoms with Crippen LogP contribution in [0, 0.1) is 12.3 Å². The number of rotatable bonds is 4. The third-order valence-corrected chi connectivity index (χ3v) is 2.63. The monoisotopic (exact) mass is 231 g/mol. The summed E-state index contributed by atoms with van der Waals surface area (Å²) in [5.74, 6) is 5.23. The van der Waals surface area contributed by atoms with Gasteiger partial charge in [-0.15, -0.1) is 6.42 Å². The van der Waals surface area contributed by atoms with Crippen LogP contribution in [0.1, 0.15) is 38.4 Å². The highest BCUT2D eigenvalue weighted by molar-refractivity contribution is 5.39. The molecule has 0 aliphatic heterocycles. The Morgan fingerprint density at radius 2 is 2.18 bits per heavy atom. The lowest BCUT2D eigenvalue weighted by Crippen LogP contribution is -2.26. The molecule has 0 saturated heterocycles. The van der Waals surface area contributed by atoms with E-state index < -0.39 is 5.60 Å². The quantitative estimate of drug-likeness (QED) is 0.807. The van der Waals surface area contributed by atoms with E-state index in [-0.39, 0.29) is 0 Å². The van der Waals surface area contributed by atoms with Gasteiger partial charge in [0, 0.05) is 19.0 Å². The molecule has 1 aromatic heterocycles. The lowest BCUT2D eigenvalue weighted by atomic mass is 10.1. The number of anilines is 1. The van der Waals surface area contributed by atoms with Crippen molar-refractivity contribution in [1.29, 1.82) is 0 Å². The zero-order valence-electron chi connectivity index (χ0n) is 10.4. The Bertz CT molecular complexity index is 458. The summed E-state index contributed by atoms with van der Waals surface area (Å²) in [5.41, 5.74) is -0.653. The molecule has 4 nitrogen and oxygen atoms in total. The van der Waals surface area contributed by atoms with Crippen molar-refractivity contribution in [2.45, 2.75) is 38.2 Å². The fraction of sp³-hybridized carbons (Fsp3) is 0.538. The molecule has 0 bridgehead atoms. The number of terminal acetylenes is 1. The highest BCUT2D eigenvalue weighted by atomic mass is 16.5. The van der Waals surface area contributed by atoms with Crippen LogP contribution in [-0.4, -0.2) is 22.6 Å². The minimum absolute atomic E-state index is 0.486. The number of nitrogens with zero attached hydrogens (tertiary/aromatic N) is 2. The van der Waals surface area contributed by atoms with Gasteiger partial charge in [-0.2, -0.15) is 4.98 Å². The normalized spacial score (nSPS) is 15.2. The Hall–Kier alpha value is -1.76. The molecule has 0 spiro atoms. The maximum atomic E-state index is 5.68. The zero-order chi connectivity index (χ0) is 12.5. The molecule has 4 heteroatoms. The second-order valence-electron chi connectivity index (χ2n) is 4.73. The van der Waals surface area contributed by atoms with E-state index in [4.69, 9.17) is 11.2 Å². The summed E-state index contributed by atoms with van der Waals surface area (Å²) in [5, 5.41) is 3.01. The van der Waals surface area contributed by atoms with Crippen molar-refractivity contribution in [3.05, 3.63) is 11.9 Å². The molecule has 0 amide bonds. The van der Waals surface area contributed by atoms with Gasteiger partial charge in [0.1, 0.15) is 11.6 Å².